The third-order valence-electron chi connectivity index (χ3n) is 4.93. The molecule has 1 aliphatic heterocycles. The zero-order valence-corrected chi connectivity index (χ0v) is 17.2. The number of hydrogen-bond donors (Lipinski definition) is 2. The second-order valence-corrected chi connectivity index (χ2v) is 8.64. The maximum Gasteiger partial charge on any atom is 0.337 e. The molecular formula is C20H20F2N4O4S. The summed E-state index contributed by atoms with van der Waals surface area (Å²) in [6.07, 6.45) is 0.424. The van der Waals surface area contributed by atoms with Crippen molar-refractivity contribution in [2.45, 2.75) is 11.3 Å². The van der Waals surface area contributed by atoms with Gasteiger partial charge in [-0.25, -0.2) is 22.0 Å². The smallest absolute Gasteiger partial charge is 0.337 e. The molecule has 0 saturated carbocycles. The molecule has 0 atom stereocenters. The van der Waals surface area contributed by atoms with Gasteiger partial charge in [-0.05, 0) is 36.4 Å². The van der Waals surface area contributed by atoms with Crippen molar-refractivity contribution < 1.29 is 27.1 Å². The highest BCUT2D eigenvalue weighted by molar-refractivity contribution is 7.92. The molecule has 1 saturated heterocycles. The molecule has 2 aromatic carbocycles. The molecule has 2 N–H and O–H groups in total. The van der Waals surface area contributed by atoms with E-state index in [0.29, 0.717) is 57.0 Å². The summed E-state index contributed by atoms with van der Waals surface area (Å²) in [6.45, 7) is 3.12. The van der Waals surface area contributed by atoms with Gasteiger partial charge in [-0.1, -0.05) is 0 Å². The quantitative estimate of drug-likeness (QED) is 0.666. The van der Waals surface area contributed by atoms with Crippen LogP contribution in [0.5, 0.6) is 0 Å². The topological polar surface area (TPSA) is 114 Å². The Labute approximate surface area is 178 Å². The minimum absolute atomic E-state index is 0.0152. The number of nitrogens with zero attached hydrogens (tertiary/aromatic N) is 3. The molecule has 0 unspecified atom stereocenters. The fraction of sp³-hybridized carbons (Fsp3) is 0.300. The number of nitrogens with one attached hydrogen (secondary N) is 1. The van der Waals surface area contributed by atoms with Crippen LogP contribution in [0.15, 0.2) is 41.3 Å². The van der Waals surface area contributed by atoms with Crippen molar-refractivity contribution >= 4 is 27.4 Å². The van der Waals surface area contributed by atoms with Gasteiger partial charge in [0, 0.05) is 44.8 Å². The standard InChI is InChI=1S/C20H20F2N4O4S/c21-17-4-3-15(13-18(17)22)31(29,30)24-14-2-5-19(16(12-14)20(27)28)26-10-8-25(9-11-26)7-1-6-23/h2-5,12-13,24H,1,7-11H2,(H,27,28). The van der Waals surface area contributed by atoms with E-state index in [1.165, 1.54) is 18.2 Å². The highest BCUT2D eigenvalue weighted by atomic mass is 32.2. The summed E-state index contributed by atoms with van der Waals surface area (Å²) in [7, 11) is -4.25. The number of benzene rings is 2. The third-order valence-corrected chi connectivity index (χ3v) is 6.31. The Morgan fingerprint density at radius 2 is 1.81 bits per heavy atom. The number of piperazine rings is 1. The number of carboxylic acids is 1. The van der Waals surface area contributed by atoms with Gasteiger partial charge in [0.1, 0.15) is 0 Å². The van der Waals surface area contributed by atoms with Gasteiger partial charge in [-0.3, -0.25) is 9.62 Å². The van der Waals surface area contributed by atoms with Crippen LogP contribution in [0.1, 0.15) is 16.8 Å². The lowest BCUT2D eigenvalue weighted by Crippen LogP contribution is -2.47. The first-order valence-electron chi connectivity index (χ1n) is 9.41. The van der Waals surface area contributed by atoms with E-state index in [1.807, 2.05) is 4.90 Å². The number of carbonyl (C=O) groups is 1. The van der Waals surface area contributed by atoms with Crippen molar-refractivity contribution in [1.29, 1.82) is 5.26 Å². The molecule has 0 spiro atoms. The van der Waals surface area contributed by atoms with E-state index in [1.54, 1.807) is 0 Å². The molecule has 0 radical (unpaired) electrons. The molecule has 0 aliphatic carbocycles. The SMILES string of the molecule is N#CCCN1CCN(c2ccc(NS(=O)(=O)c3ccc(F)c(F)c3)cc2C(=O)O)CC1. The van der Waals surface area contributed by atoms with Crippen LogP contribution in [0.2, 0.25) is 0 Å². The first kappa shape index (κ1) is 22.5. The Hall–Kier alpha value is -3.23. The Morgan fingerprint density at radius 3 is 2.42 bits per heavy atom. The monoisotopic (exact) mass is 450 g/mol. The lowest BCUT2D eigenvalue weighted by molar-refractivity contribution is 0.0697. The first-order valence-corrected chi connectivity index (χ1v) is 10.9. The van der Waals surface area contributed by atoms with E-state index >= 15 is 0 Å². The van der Waals surface area contributed by atoms with Crippen LogP contribution in [-0.2, 0) is 10.0 Å². The van der Waals surface area contributed by atoms with Crippen LogP contribution in [0.4, 0.5) is 20.2 Å². The summed E-state index contributed by atoms with van der Waals surface area (Å²) in [4.78, 5) is 15.3. The normalized spacial score (nSPS) is 14.8. The van der Waals surface area contributed by atoms with Gasteiger partial charge >= 0.3 is 5.97 Å². The summed E-state index contributed by atoms with van der Waals surface area (Å²) in [6, 6.07) is 8.38. The molecule has 164 valence electrons. The Bertz CT molecular complexity index is 1130. The zero-order chi connectivity index (χ0) is 22.6. The van der Waals surface area contributed by atoms with Crippen LogP contribution in [0, 0.1) is 23.0 Å². The van der Waals surface area contributed by atoms with E-state index in [0.717, 1.165) is 6.07 Å². The summed E-state index contributed by atoms with van der Waals surface area (Å²) in [5, 5.41) is 18.3. The van der Waals surface area contributed by atoms with Crippen molar-refractivity contribution in [3.8, 4) is 6.07 Å². The van der Waals surface area contributed by atoms with Gasteiger partial charge < -0.3 is 10.0 Å². The molecule has 11 heteroatoms. The Morgan fingerprint density at radius 1 is 1.10 bits per heavy atom. The summed E-state index contributed by atoms with van der Waals surface area (Å²) < 4.78 is 53.6. The number of rotatable bonds is 7. The van der Waals surface area contributed by atoms with E-state index in [9.17, 15) is 27.1 Å². The number of anilines is 2. The lowest BCUT2D eigenvalue weighted by atomic mass is 10.1. The maximum absolute atomic E-state index is 13.4. The molecule has 1 heterocycles. The maximum atomic E-state index is 13.4. The summed E-state index contributed by atoms with van der Waals surface area (Å²) in [5.74, 6) is -3.71. The van der Waals surface area contributed by atoms with Crippen LogP contribution in [-0.4, -0.2) is 57.1 Å². The van der Waals surface area contributed by atoms with Crippen LogP contribution in [0.25, 0.3) is 0 Å². The number of nitriles is 1. The fourth-order valence-electron chi connectivity index (χ4n) is 3.33. The Kier molecular flexibility index (Phi) is 6.72. The van der Waals surface area contributed by atoms with E-state index in [-0.39, 0.29) is 11.3 Å². The third kappa shape index (κ3) is 5.28. The lowest BCUT2D eigenvalue weighted by Gasteiger charge is -2.36. The van der Waals surface area contributed by atoms with Gasteiger partial charge in [-0.15, -0.1) is 0 Å². The average Bonchev–Trinajstić information content (AvgIpc) is 2.74. The molecule has 3 rings (SSSR count). The predicted octanol–water partition coefficient (Wildman–Crippen LogP) is 2.50. The molecule has 31 heavy (non-hydrogen) atoms. The van der Waals surface area contributed by atoms with E-state index in [4.69, 9.17) is 5.26 Å². The van der Waals surface area contributed by atoms with Crippen LogP contribution in [0.3, 0.4) is 0 Å². The number of aromatic carboxylic acids is 1. The second-order valence-electron chi connectivity index (χ2n) is 6.96. The molecular weight excluding hydrogens is 430 g/mol. The molecule has 2 aromatic rings. The van der Waals surface area contributed by atoms with E-state index in [2.05, 4.69) is 15.7 Å². The minimum atomic E-state index is -4.25. The first-order chi connectivity index (χ1) is 14.7. The van der Waals surface area contributed by atoms with Crippen molar-refractivity contribution in [1.82, 2.24) is 4.90 Å². The van der Waals surface area contributed by atoms with Crippen LogP contribution >= 0.6 is 0 Å². The Balaban J connectivity index is 1.80. The molecule has 1 fully saturated rings. The number of halogens is 2. The second kappa shape index (κ2) is 9.28. The summed E-state index contributed by atoms with van der Waals surface area (Å²) >= 11 is 0. The molecule has 0 aromatic heterocycles. The van der Waals surface area contributed by atoms with Gasteiger partial charge in [0.15, 0.2) is 11.6 Å². The van der Waals surface area contributed by atoms with Gasteiger partial charge in [0.25, 0.3) is 10.0 Å². The van der Waals surface area contributed by atoms with Crippen molar-refractivity contribution in [2.75, 3.05) is 42.3 Å². The largest absolute Gasteiger partial charge is 0.478 e. The van der Waals surface area contributed by atoms with Crippen molar-refractivity contribution in [2.24, 2.45) is 0 Å². The molecule has 1 aliphatic rings. The zero-order valence-electron chi connectivity index (χ0n) is 16.4. The predicted molar refractivity (Wildman–Crippen MR) is 109 cm³/mol. The number of sulfonamides is 1. The summed E-state index contributed by atoms with van der Waals surface area (Å²) in [5.41, 5.74) is 0.345. The van der Waals surface area contributed by atoms with Gasteiger partial charge in [0.05, 0.1) is 22.2 Å². The van der Waals surface area contributed by atoms with Crippen molar-refractivity contribution in [3.63, 3.8) is 0 Å². The molecule has 0 bridgehead atoms. The van der Waals surface area contributed by atoms with Gasteiger partial charge in [0.2, 0.25) is 0 Å². The average molecular weight is 450 g/mol. The number of hydrogen-bond acceptors (Lipinski definition) is 6. The van der Waals surface area contributed by atoms with Crippen molar-refractivity contribution in [3.05, 3.63) is 53.6 Å². The van der Waals surface area contributed by atoms with Gasteiger partial charge in [-0.2, -0.15) is 5.26 Å². The fourth-order valence-corrected chi connectivity index (χ4v) is 4.39. The van der Waals surface area contributed by atoms with Crippen LogP contribution < -0.4 is 9.62 Å². The molecule has 8 nitrogen and oxygen atoms in total. The molecule has 0 amide bonds. The minimum Gasteiger partial charge on any atom is -0.478 e. The highest BCUT2D eigenvalue weighted by Gasteiger charge is 2.23. The number of carboxylic acid groups (broad SMARTS) is 1. The van der Waals surface area contributed by atoms with E-state index < -0.39 is 32.5 Å². The highest BCUT2D eigenvalue weighted by Crippen LogP contribution is 2.27.